The molecule has 1 heterocycles. The van der Waals surface area contributed by atoms with Gasteiger partial charge in [-0.3, -0.25) is 0 Å². The molecule has 3 heteroatoms. The number of hydrogen-bond acceptors (Lipinski definition) is 3. The van der Waals surface area contributed by atoms with Gasteiger partial charge in [-0.2, -0.15) is 0 Å². The summed E-state index contributed by atoms with van der Waals surface area (Å²) in [5.74, 6) is 0. The van der Waals surface area contributed by atoms with E-state index in [4.69, 9.17) is 15.2 Å². The van der Waals surface area contributed by atoms with Crippen LogP contribution in [0.4, 0.5) is 0 Å². The fourth-order valence-corrected chi connectivity index (χ4v) is 2.00. The molecule has 14 heavy (non-hydrogen) atoms. The number of allylic oxidation sites excluding steroid dienone is 1. The van der Waals surface area contributed by atoms with Crippen LogP contribution in [0.15, 0.2) is 12.7 Å². The van der Waals surface area contributed by atoms with Crippen molar-refractivity contribution >= 4 is 0 Å². The summed E-state index contributed by atoms with van der Waals surface area (Å²) in [4.78, 5) is 0. The van der Waals surface area contributed by atoms with E-state index in [1.54, 1.807) is 7.11 Å². The molecule has 1 rings (SSSR count). The molecule has 1 aliphatic rings. The maximum Gasteiger partial charge on any atom is 0.0872 e. The lowest BCUT2D eigenvalue weighted by Crippen LogP contribution is -2.52. The molecule has 0 aliphatic carbocycles. The highest BCUT2D eigenvalue weighted by Gasteiger charge is 2.37. The van der Waals surface area contributed by atoms with Crippen LogP contribution in [-0.4, -0.2) is 32.0 Å². The Balaban J connectivity index is 2.52. The van der Waals surface area contributed by atoms with E-state index >= 15 is 0 Å². The smallest absolute Gasteiger partial charge is 0.0872 e. The van der Waals surface area contributed by atoms with Crippen molar-refractivity contribution in [3.8, 4) is 0 Å². The van der Waals surface area contributed by atoms with Crippen LogP contribution in [0.2, 0.25) is 0 Å². The van der Waals surface area contributed by atoms with Crippen molar-refractivity contribution < 1.29 is 9.47 Å². The van der Waals surface area contributed by atoms with Gasteiger partial charge >= 0.3 is 0 Å². The Morgan fingerprint density at radius 1 is 1.57 bits per heavy atom. The van der Waals surface area contributed by atoms with Gasteiger partial charge in [0.15, 0.2) is 0 Å². The topological polar surface area (TPSA) is 44.5 Å². The van der Waals surface area contributed by atoms with Crippen LogP contribution in [0.5, 0.6) is 0 Å². The Morgan fingerprint density at radius 2 is 2.21 bits per heavy atom. The largest absolute Gasteiger partial charge is 0.381 e. The molecule has 82 valence electrons. The molecule has 2 N–H and O–H groups in total. The maximum atomic E-state index is 6.15. The molecule has 1 fully saturated rings. The monoisotopic (exact) mass is 199 g/mol. The van der Waals surface area contributed by atoms with Crippen LogP contribution >= 0.6 is 0 Å². The second-order valence-corrected chi connectivity index (χ2v) is 3.85. The van der Waals surface area contributed by atoms with Gasteiger partial charge in [-0.25, -0.2) is 0 Å². The Morgan fingerprint density at radius 3 is 2.71 bits per heavy atom. The molecule has 0 saturated carbocycles. The SMILES string of the molecule is C=CCCC(N)C1(OC)CCOCC1. The van der Waals surface area contributed by atoms with Crippen LogP contribution in [0.1, 0.15) is 25.7 Å². The first-order valence-electron chi connectivity index (χ1n) is 5.24. The fraction of sp³-hybridized carbons (Fsp3) is 0.818. The zero-order valence-corrected chi connectivity index (χ0v) is 9.00. The lowest BCUT2D eigenvalue weighted by Gasteiger charge is -2.40. The minimum atomic E-state index is -0.165. The molecule has 1 saturated heterocycles. The van der Waals surface area contributed by atoms with Gasteiger partial charge in [-0.1, -0.05) is 6.08 Å². The standard InChI is InChI=1S/C11H21NO2/c1-3-4-5-10(12)11(13-2)6-8-14-9-7-11/h3,10H,1,4-9,12H2,2H3. The summed E-state index contributed by atoms with van der Waals surface area (Å²) < 4.78 is 10.9. The first-order valence-corrected chi connectivity index (χ1v) is 5.24. The molecule has 0 aromatic heterocycles. The molecule has 0 aromatic carbocycles. The number of methoxy groups -OCH3 is 1. The highest BCUT2D eigenvalue weighted by atomic mass is 16.5. The molecule has 1 aliphatic heterocycles. The van der Waals surface area contributed by atoms with E-state index in [0.29, 0.717) is 0 Å². The molecule has 3 nitrogen and oxygen atoms in total. The summed E-state index contributed by atoms with van der Waals surface area (Å²) in [5, 5.41) is 0. The summed E-state index contributed by atoms with van der Waals surface area (Å²) >= 11 is 0. The van der Waals surface area contributed by atoms with E-state index in [2.05, 4.69) is 6.58 Å². The third-order valence-corrected chi connectivity index (χ3v) is 3.10. The van der Waals surface area contributed by atoms with Crippen LogP contribution in [0, 0.1) is 0 Å². The molecule has 0 bridgehead atoms. The zero-order chi connectivity index (χ0) is 10.4. The van der Waals surface area contributed by atoms with Crippen molar-refractivity contribution in [3.05, 3.63) is 12.7 Å². The summed E-state index contributed by atoms with van der Waals surface area (Å²) in [6, 6.07) is 0.0920. The van der Waals surface area contributed by atoms with Gasteiger partial charge < -0.3 is 15.2 Å². The average molecular weight is 199 g/mol. The van der Waals surface area contributed by atoms with Crippen molar-refractivity contribution in [2.45, 2.75) is 37.3 Å². The van der Waals surface area contributed by atoms with Gasteiger partial charge in [-0.15, -0.1) is 6.58 Å². The minimum Gasteiger partial charge on any atom is -0.381 e. The summed E-state index contributed by atoms with van der Waals surface area (Å²) in [7, 11) is 1.75. The third-order valence-electron chi connectivity index (χ3n) is 3.10. The van der Waals surface area contributed by atoms with E-state index in [-0.39, 0.29) is 11.6 Å². The quantitative estimate of drug-likeness (QED) is 0.682. The van der Waals surface area contributed by atoms with Gasteiger partial charge in [0.2, 0.25) is 0 Å². The lowest BCUT2D eigenvalue weighted by molar-refractivity contribution is -0.104. The van der Waals surface area contributed by atoms with Crippen molar-refractivity contribution in [3.63, 3.8) is 0 Å². The first-order chi connectivity index (χ1) is 6.75. The second kappa shape index (κ2) is 5.49. The van der Waals surface area contributed by atoms with Crippen LogP contribution in [0.25, 0.3) is 0 Å². The molecule has 0 aromatic rings. The number of nitrogens with two attached hydrogens (primary N) is 1. The minimum absolute atomic E-state index is 0.0920. The van der Waals surface area contributed by atoms with Crippen molar-refractivity contribution in [2.24, 2.45) is 5.73 Å². The average Bonchev–Trinajstić information content (AvgIpc) is 2.26. The van der Waals surface area contributed by atoms with Gasteiger partial charge in [0.25, 0.3) is 0 Å². The highest BCUT2D eigenvalue weighted by Crippen LogP contribution is 2.29. The zero-order valence-electron chi connectivity index (χ0n) is 9.00. The predicted molar refractivity (Wildman–Crippen MR) is 57.2 cm³/mol. The fourth-order valence-electron chi connectivity index (χ4n) is 2.00. The van der Waals surface area contributed by atoms with Gasteiger partial charge in [0.05, 0.1) is 5.60 Å². The van der Waals surface area contributed by atoms with Crippen molar-refractivity contribution in [1.29, 1.82) is 0 Å². The normalized spacial score (nSPS) is 23.0. The number of rotatable bonds is 5. The predicted octanol–water partition coefficient (Wildman–Crippen LogP) is 1.48. The van der Waals surface area contributed by atoms with E-state index < -0.39 is 0 Å². The summed E-state index contributed by atoms with van der Waals surface area (Å²) in [6.45, 7) is 5.22. The Labute approximate surface area is 86.3 Å². The van der Waals surface area contributed by atoms with E-state index in [1.807, 2.05) is 6.08 Å². The second-order valence-electron chi connectivity index (χ2n) is 3.85. The first kappa shape index (κ1) is 11.7. The number of hydrogen-bond donors (Lipinski definition) is 1. The number of ether oxygens (including phenoxy) is 2. The van der Waals surface area contributed by atoms with Crippen molar-refractivity contribution in [1.82, 2.24) is 0 Å². The molecule has 0 radical (unpaired) electrons. The molecular formula is C11H21NO2. The molecule has 0 amide bonds. The summed E-state index contributed by atoms with van der Waals surface area (Å²) in [5.41, 5.74) is 5.99. The van der Waals surface area contributed by atoms with E-state index in [0.717, 1.165) is 38.9 Å². The Kier molecular flexibility index (Phi) is 4.58. The lowest BCUT2D eigenvalue weighted by atomic mass is 9.84. The molecule has 0 spiro atoms. The molecule has 1 atom stereocenters. The van der Waals surface area contributed by atoms with Crippen LogP contribution in [0.3, 0.4) is 0 Å². The third kappa shape index (κ3) is 2.56. The Bertz CT molecular complexity index is 176. The molecule has 1 unspecified atom stereocenters. The highest BCUT2D eigenvalue weighted by molar-refractivity contribution is 4.93. The van der Waals surface area contributed by atoms with Gasteiger partial charge in [0.1, 0.15) is 0 Å². The van der Waals surface area contributed by atoms with Crippen molar-refractivity contribution in [2.75, 3.05) is 20.3 Å². The maximum absolute atomic E-state index is 6.15. The Hall–Kier alpha value is -0.380. The van der Waals surface area contributed by atoms with Gasteiger partial charge in [-0.05, 0) is 12.8 Å². The van der Waals surface area contributed by atoms with Crippen LogP contribution in [-0.2, 0) is 9.47 Å². The van der Waals surface area contributed by atoms with E-state index in [1.165, 1.54) is 0 Å². The summed E-state index contributed by atoms with van der Waals surface area (Å²) in [6.07, 6.45) is 5.61. The van der Waals surface area contributed by atoms with Crippen LogP contribution < -0.4 is 5.73 Å². The van der Waals surface area contributed by atoms with Gasteiger partial charge in [0, 0.05) is 39.2 Å². The molecular weight excluding hydrogens is 178 g/mol. The van der Waals surface area contributed by atoms with E-state index in [9.17, 15) is 0 Å².